The minimum Gasteiger partial charge on any atom is -0.466 e. The number of rotatable bonds is 6. The van der Waals surface area contributed by atoms with Crippen LogP contribution in [0.25, 0.3) is 110 Å². The molecule has 0 N–H and O–H groups in total. The molecule has 0 saturated carbocycles. The smallest absolute Gasteiger partial charge is 0.466 e. The standard InChI is InChI=1S/C31H19N5O.C31H17N5O.4ClH.2K.2Pt/c2*1-2-8-24-21(7-1)22-13-12-20(19-27(22)36(24)28-11-3-4-16-32-28)37-29-15-14-23-30-25(9-5-17-33-30)35-18-6-10-26(35)31(23)34-29;;;;;;;;/h1-19H;1-9,11-18H;4*1H;;;;/q;-2;;;;;;;+2;+4/p-4. The molecule has 0 spiro atoms. The Morgan fingerprint density at radius 1 is 0.415 bits per heavy atom. The first kappa shape index (κ1) is 57.8. The van der Waals surface area contributed by atoms with E-state index in [4.69, 9.17) is 57.1 Å². The minimum atomic E-state index is -3.06. The van der Waals surface area contributed by atoms with Crippen molar-refractivity contribution < 1.29 is 42.4 Å². The summed E-state index contributed by atoms with van der Waals surface area (Å²) in [5.74, 6) is 4.00. The van der Waals surface area contributed by atoms with Gasteiger partial charge in [0.05, 0.1) is 38.6 Å². The van der Waals surface area contributed by atoms with Crippen LogP contribution in [0.5, 0.6) is 23.3 Å². The number of fused-ring (bicyclic) bond motifs is 18. The molecule has 12 heterocycles. The van der Waals surface area contributed by atoms with Gasteiger partial charge in [0.15, 0.2) is 0 Å². The molecule has 0 atom stereocenters. The van der Waals surface area contributed by atoms with Gasteiger partial charge in [0, 0.05) is 70.5 Å². The number of nitrogens with zero attached hydrogens (tertiary/aromatic N) is 10. The van der Waals surface area contributed by atoms with Crippen LogP contribution in [0.4, 0.5) is 0 Å². The summed E-state index contributed by atoms with van der Waals surface area (Å²) in [5.41, 5.74) is 11.5. The third kappa shape index (κ3) is 11.4. The van der Waals surface area contributed by atoms with Crippen molar-refractivity contribution in [1.82, 2.24) is 47.8 Å². The molecule has 0 amide bonds. The molecule has 4 aromatic carbocycles. The summed E-state index contributed by atoms with van der Waals surface area (Å²) in [5, 5.41) is 6.50. The SMILES string of the molecule is [Cl][Pt]([Cl])([Cl])[Cl].[K][K].[Pt+2].[c-]1c(Oc2ccc3c(n2)c2[c-]ccn2c2cccnc32)ccc2c3ccccc3n(-c3ccccn3)c12.c1ccc(-n2c3ccccc3c3ccc(Oc4ccc5c6ncccc6n6cccc6c5n4)cc32)nc1. The van der Waals surface area contributed by atoms with Crippen LogP contribution in [-0.4, -0.2) is 111 Å². The number of aromatic nitrogens is 10. The zero-order chi connectivity index (χ0) is 55.2. The first-order valence-electron chi connectivity index (χ1n) is 25.6. The average Bonchev–Trinajstić information content (AvgIpc) is 3.45. The van der Waals surface area contributed by atoms with Crippen molar-refractivity contribution in [3.8, 4) is 34.9 Å². The van der Waals surface area contributed by atoms with Gasteiger partial charge in [0.2, 0.25) is 11.8 Å². The summed E-state index contributed by atoms with van der Waals surface area (Å²) in [6, 6.07) is 67.4. The van der Waals surface area contributed by atoms with Crippen molar-refractivity contribution >= 4 is 199 Å². The summed E-state index contributed by atoms with van der Waals surface area (Å²) in [4.78, 5) is 28.3. The van der Waals surface area contributed by atoms with E-state index in [2.05, 4.69) is 123 Å². The molecule has 0 aliphatic rings. The molecule has 20 heteroatoms. The fourth-order valence-corrected chi connectivity index (χ4v) is 10.5. The van der Waals surface area contributed by atoms with Crippen LogP contribution in [0.2, 0.25) is 0 Å². The van der Waals surface area contributed by atoms with Crippen molar-refractivity contribution in [1.29, 1.82) is 0 Å². The van der Waals surface area contributed by atoms with E-state index in [0.717, 1.165) is 105 Å². The molecule has 0 unspecified atom stereocenters. The predicted octanol–water partition coefficient (Wildman–Crippen LogP) is 16.2. The fraction of sp³-hybridized carbons (Fsp3) is 0. The van der Waals surface area contributed by atoms with E-state index < -0.39 is 11.9 Å². The summed E-state index contributed by atoms with van der Waals surface area (Å²) < 4.78 is 21.1. The molecule has 12 nitrogen and oxygen atoms in total. The number of ether oxygens (including phenoxy) is 2. The van der Waals surface area contributed by atoms with Gasteiger partial charge in [0.1, 0.15) is 22.9 Å². The Bertz CT molecular complexity index is 4710. The Hall–Kier alpha value is -4.65. The molecule has 396 valence electrons. The molecule has 0 fully saturated rings. The summed E-state index contributed by atoms with van der Waals surface area (Å²) in [7, 11) is 20.0. The maximum atomic E-state index is 6.34. The number of benzene rings is 4. The van der Waals surface area contributed by atoms with Crippen LogP contribution in [0.3, 0.4) is 0 Å². The van der Waals surface area contributed by atoms with Gasteiger partial charge in [-0.15, -0.1) is 17.5 Å². The Kier molecular flexibility index (Phi) is 17.7. The Balaban J connectivity index is 0.000000145. The molecule has 82 heavy (non-hydrogen) atoms. The van der Waals surface area contributed by atoms with Crippen molar-refractivity contribution in [3.63, 3.8) is 0 Å². The third-order valence-electron chi connectivity index (χ3n) is 13.6. The van der Waals surface area contributed by atoms with Gasteiger partial charge >= 0.3 is 134 Å². The monoisotopic (exact) mass is 1560 g/mol. The van der Waals surface area contributed by atoms with E-state index in [1.165, 1.54) is 68.5 Å². The van der Waals surface area contributed by atoms with Gasteiger partial charge in [-0.1, -0.05) is 71.8 Å². The van der Waals surface area contributed by atoms with Crippen LogP contribution in [0.15, 0.2) is 219 Å². The molecule has 16 rings (SSSR count). The number of pyridine rings is 8. The molecule has 16 aromatic rings. The summed E-state index contributed by atoms with van der Waals surface area (Å²) >= 11 is -0.556. The molecule has 0 radical (unpaired) electrons. The van der Waals surface area contributed by atoms with Gasteiger partial charge in [0.25, 0.3) is 0 Å². The second kappa shape index (κ2) is 25.1. The summed E-state index contributed by atoms with van der Waals surface area (Å²) in [6.07, 6.45) is 11.3. The van der Waals surface area contributed by atoms with E-state index in [1.807, 2.05) is 134 Å². The quantitative estimate of drug-likeness (QED) is 0.0919. The van der Waals surface area contributed by atoms with E-state index in [-0.39, 0.29) is 21.1 Å². The first-order valence-corrected chi connectivity index (χ1v) is 52.8. The molecule has 0 saturated heterocycles. The first-order chi connectivity index (χ1) is 39.7. The second-order valence-electron chi connectivity index (χ2n) is 18.1. The Morgan fingerprint density at radius 3 is 1.61 bits per heavy atom. The topological polar surface area (TPSA) is 114 Å². The van der Waals surface area contributed by atoms with Crippen molar-refractivity contribution in [2.24, 2.45) is 0 Å². The molecular weight excluding hydrogens is 1530 g/mol. The van der Waals surface area contributed by atoms with Gasteiger partial charge in [-0.25, -0.2) is 15.0 Å². The second-order valence-corrected chi connectivity index (χ2v) is 37.8. The maximum absolute atomic E-state index is 6.34. The molecule has 0 aliphatic carbocycles. The number of hydrogen-bond acceptors (Lipinski definition) is 8. The van der Waals surface area contributed by atoms with Gasteiger partial charge < -0.3 is 22.8 Å². The summed E-state index contributed by atoms with van der Waals surface area (Å²) in [6.45, 7) is 0. The van der Waals surface area contributed by atoms with Gasteiger partial charge in [-0.2, -0.15) is 18.2 Å². The van der Waals surface area contributed by atoms with E-state index >= 15 is 0 Å². The molecule has 12 aromatic heterocycles. The number of para-hydroxylation sites is 2. The minimum absolute atomic E-state index is 0. The Morgan fingerprint density at radius 2 is 0.927 bits per heavy atom. The van der Waals surface area contributed by atoms with Gasteiger partial charge in [-0.05, 0) is 113 Å². The number of hydrogen-bond donors (Lipinski definition) is 0. The molecular formula is C62H36Cl4K2N10O2Pt2. The Labute approximate surface area is 546 Å². The van der Waals surface area contributed by atoms with Crippen molar-refractivity contribution in [2.45, 2.75) is 0 Å². The normalized spacial score (nSPS) is 11.7. The zero-order valence-electron chi connectivity index (χ0n) is 43.2. The zero-order valence-corrected chi connectivity index (χ0v) is 57.0. The van der Waals surface area contributed by atoms with Gasteiger partial charge in [-0.3, -0.25) is 19.5 Å². The molecule has 0 bridgehead atoms. The average molecular weight is 1560 g/mol. The third-order valence-corrected chi connectivity index (χ3v) is 13.6. The van der Waals surface area contributed by atoms with Crippen LogP contribution < -0.4 is 9.47 Å². The molecule has 0 aliphatic heterocycles. The van der Waals surface area contributed by atoms with E-state index in [9.17, 15) is 0 Å². The van der Waals surface area contributed by atoms with E-state index in [1.54, 1.807) is 12.4 Å². The largest absolute Gasteiger partial charge is 2.00 e. The van der Waals surface area contributed by atoms with Crippen LogP contribution in [-0.2, 0) is 33.0 Å². The van der Waals surface area contributed by atoms with Crippen LogP contribution >= 0.6 is 37.7 Å². The van der Waals surface area contributed by atoms with E-state index in [0.29, 0.717) is 23.3 Å². The van der Waals surface area contributed by atoms with Crippen molar-refractivity contribution in [3.05, 3.63) is 231 Å². The van der Waals surface area contributed by atoms with Crippen LogP contribution in [0, 0.1) is 12.1 Å². The fourth-order valence-electron chi connectivity index (χ4n) is 10.5. The maximum Gasteiger partial charge on any atom is 2.00 e. The van der Waals surface area contributed by atoms with Crippen LogP contribution in [0.1, 0.15) is 0 Å². The van der Waals surface area contributed by atoms with Crippen molar-refractivity contribution in [2.75, 3.05) is 0 Å². The number of halogens is 4. The predicted molar refractivity (Wildman–Crippen MR) is 326 cm³/mol.